The number of hydrogen-bond acceptors (Lipinski definition) is 2. The molecular weight excluding hydrogens is 190 g/mol. The number of carbonyl (C=O) groups excluding carboxylic acids is 1. The van der Waals surface area contributed by atoms with Crippen molar-refractivity contribution in [1.29, 1.82) is 0 Å². The number of nitrogens with one attached hydrogen (secondary N) is 1. The van der Waals surface area contributed by atoms with Gasteiger partial charge in [0.25, 0.3) is 0 Å². The Morgan fingerprint density at radius 2 is 2.07 bits per heavy atom. The molecule has 1 N–H and O–H groups in total. The van der Waals surface area contributed by atoms with Gasteiger partial charge in [-0.15, -0.1) is 0 Å². The van der Waals surface area contributed by atoms with Crippen LogP contribution in [-0.2, 0) is 9.53 Å². The molecule has 3 nitrogen and oxygen atoms in total. The zero-order chi connectivity index (χ0) is 10.7. The lowest BCUT2D eigenvalue weighted by Crippen LogP contribution is -2.49. The predicted octanol–water partition coefficient (Wildman–Crippen LogP) is 2.00. The molecule has 1 aliphatic carbocycles. The summed E-state index contributed by atoms with van der Waals surface area (Å²) in [6, 6.07) is 0.342. The van der Waals surface area contributed by atoms with E-state index >= 15 is 0 Å². The number of carbonyl (C=O) groups is 1. The highest BCUT2D eigenvalue weighted by molar-refractivity contribution is 5.73. The summed E-state index contributed by atoms with van der Waals surface area (Å²) in [5.74, 6) is 0.0906. The normalized spacial score (nSPS) is 30.1. The van der Waals surface area contributed by atoms with Crippen LogP contribution in [0.4, 0.5) is 0 Å². The van der Waals surface area contributed by atoms with Gasteiger partial charge in [0.1, 0.15) is 0 Å². The van der Waals surface area contributed by atoms with Crippen molar-refractivity contribution >= 4 is 5.91 Å². The molecule has 1 saturated heterocycles. The van der Waals surface area contributed by atoms with Crippen molar-refractivity contribution in [3.05, 3.63) is 0 Å². The lowest BCUT2D eigenvalue weighted by atomic mass is 9.78. The Labute approximate surface area is 91.6 Å². The summed E-state index contributed by atoms with van der Waals surface area (Å²) in [6.45, 7) is 2.41. The molecule has 1 saturated carbocycles. The number of rotatable bonds is 1. The van der Waals surface area contributed by atoms with Gasteiger partial charge in [-0.25, -0.2) is 0 Å². The first-order valence-corrected chi connectivity index (χ1v) is 6.11. The Morgan fingerprint density at radius 1 is 1.33 bits per heavy atom. The van der Waals surface area contributed by atoms with Crippen LogP contribution in [0.15, 0.2) is 0 Å². The van der Waals surface area contributed by atoms with Crippen LogP contribution < -0.4 is 5.32 Å². The number of hydrogen-bond donors (Lipinski definition) is 1. The summed E-state index contributed by atoms with van der Waals surface area (Å²) in [6.07, 6.45) is 8.27. The van der Waals surface area contributed by atoms with Gasteiger partial charge in [-0.3, -0.25) is 4.79 Å². The second-order valence-electron chi connectivity index (χ2n) is 4.98. The topological polar surface area (TPSA) is 38.3 Å². The van der Waals surface area contributed by atoms with Crippen molar-refractivity contribution in [1.82, 2.24) is 5.32 Å². The van der Waals surface area contributed by atoms with Gasteiger partial charge in [-0.1, -0.05) is 19.3 Å². The maximum absolute atomic E-state index is 11.0. The molecule has 1 amide bonds. The van der Waals surface area contributed by atoms with E-state index in [2.05, 4.69) is 5.32 Å². The average molecular weight is 211 g/mol. The van der Waals surface area contributed by atoms with Crippen LogP contribution in [0.5, 0.6) is 0 Å². The van der Waals surface area contributed by atoms with Crippen LogP contribution >= 0.6 is 0 Å². The fraction of sp³-hybridized carbons (Fsp3) is 0.917. The highest BCUT2D eigenvalue weighted by Crippen LogP contribution is 2.38. The van der Waals surface area contributed by atoms with Gasteiger partial charge in [0.2, 0.25) is 5.91 Å². The van der Waals surface area contributed by atoms with E-state index in [4.69, 9.17) is 4.74 Å². The minimum atomic E-state index is 0.0906. The molecule has 1 spiro atoms. The zero-order valence-electron chi connectivity index (χ0n) is 9.55. The minimum absolute atomic E-state index is 0.0906. The second-order valence-corrected chi connectivity index (χ2v) is 4.98. The van der Waals surface area contributed by atoms with E-state index in [0.717, 1.165) is 19.4 Å². The van der Waals surface area contributed by atoms with Crippen molar-refractivity contribution in [3.63, 3.8) is 0 Å². The minimum Gasteiger partial charge on any atom is -0.375 e. The van der Waals surface area contributed by atoms with Crippen LogP contribution in [0.25, 0.3) is 0 Å². The maximum atomic E-state index is 11.0. The maximum Gasteiger partial charge on any atom is 0.217 e. The van der Waals surface area contributed by atoms with Gasteiger partial charge in [0, 0.05) is 19.6 Å². The van der Waals surface area contributed by atoms with Gasteiger partial charge in [0.05, 0.1) is 5.60 Å². The summed E-state index contributed by atoms with van der Waals surface area (Å²) in [7, 11) is 0. The first-order chi connectivity index (χ1) is 7.20. The van der Waals surface area contributed by atoms with Gasteiger partial charge < -0.3 is 10.1 Å². The van der Waals surface area contributed by atoms with Crippen LogP contribution in [0.3, 0.4) is 0 Å². The van der Waals surface area contributed by atoms with E-state index in [1.807, 2.05) is 0 Å². The summed E-state index contributed by atoms with van der Waals surface area (Å²) < 4.78 is 5.97. The fourth-order valence-electron chi connectivity index (χ4n) is 2.98. The molecule has 1 aliphatic heterocycles. The van der Waals surface area contributed by atoms with E-state index in [1.165, 1.54) is 32.1 Å². The molecular formula is C12H21NO2. The molecule has 1 heterocycles. The summed E-state index contributed by atoms with van der Waals surface area (Å²) in [5, 5.41) is 3.03. The quantitative estimate of drug-likeness (QED) is 0.720. The van der Waals surface area contributed by atoms with E-state index in [0.29, 0.717) is 6.04 Å². The molecule has 15 heavy (non-hydrogen) atoms. The van der Waals surface area contributed by atoms with Crippen molar-refractivity contribution in [2.75, 3.05) is 6.61 Å². The van der Waals surface area contributed by atoms with Gasteiger partial charge in [-0.05, 0) is 25.7 Å². The van der Waals surface area contributed by atoms with Crippen molar-refractivity contribution < 1.29 is 9.53 Å². The molecule has 2 rings (SSSR count). The zero-order valence-corrected chi connectivity index (χ0v) is 9.55. The third-order valence-corrected chi connectivity index (χ3v) is 3.67. The Kier molecular flexibility index (Phi) is 3.29. The number of ether oxygens (including phenoxy) is 1. The largest absolute Gasteiger partial charge is 0.375 e. The first-order valence-electron chi connectivity index (χ1n) is 6.11. The van der Waals surface area contributed by atoms with Crippen molar-refractivity contribution in [2.45, 2.75) is 63.5 Å². The molecule has 1 atom stereocenters. The molecule has 86 valence electrons. The van der Waals surface area contributed by atoms with Gasteiger partial charge >= 0.3 is 0 Å². The van der Waals surface area contributed by atoms with Crippen LogP contribution in [-0.4, -0.2) is 24.2 Å². The molecule has 0 unspecified atom stereocenters. The summed E-state index contributed by atoms with van der Waals surface area (Å²) in [4.78, 5) is 11.0. The average Bonchev–Trinajstić information content (AvgIpc) is 2.17. The van der Waals surface area contributed by atoms with Crippen molar-refractivity contribution in [2.24, 2.45) is 0 Å². The molecule has 0 bridgehead atoms. The third-order valence-electron chi connectivity index (χ3n) is 3.67. The molecule has 0 radical (unpaired) electrons. The summed E-state index contributed by atoms with van der Waals surface area (Å²) in [5.41, 5.74) is 0.101. The Bertz CT molecular complexity index is 228. The van der Waals surface area contributed by atoms with Crippen LogP contribution in [0.2, 0.25) is 0 Å². The van der Waals surface area contributed by atoms with E-state index in [-0.39, 0.29) is 11.5 Å². The highest BCUT2D eigenvalue weighted by atomic mass is 16.5. The van der Waals surface area contributed by atoms with E-state index < -0.39 is 0 Å². The first kappa shape index (κ1) is 10.9. The number of amides is 1. The monoisotopic (exact) mass is 211 g/mol. The third kappa shape index (κ3) is 2.71. The molecule has 0 aromatic carbocycles. The SMILES string of the molecule is CC(=O)N[C@@H]1CCOC2(CCCCC2)C1. The molecule has 2 fully saturated rings. The fourth-order valence-corrected chi connectivity index (χ4v) is 2.98. The highest BCUT2D eigenvalue weighted by Gasteiger charge is 2.38. The molecule has 0 aromatic heterocycles. The molecule has 2 aliphatic rings. The Morgan fingerprint density at radius 3 is 2.73 bits per heavy atom. The molecule has 0 aromatic rings. The smallest absolute Gasteiger partial charge is 0.217 e. The van der Waals surface area contributed by atoms with Gasteiger partial charge in [-0.2, -0.15) is 0 Å². The van der Waals surface area contributed by atoms with E-state index in [1.54, 1.807) is 6.92 Å². The lowest BCUT2D eigenvalue weighted by Gasteiger charge is -2.43. The standard InChI is InChI=1S/C12H21NO2/c1-10(14)13-11-5-8-15-12(9-11)6-3-2-4-7-12/h11H,2-9H2,1H3,(H,13,14)/t11-/m1/s1. The summed E-state index contributed by atoms with van der Waals surface area (Å²) >= 11 is 0. The van der Waals surface area contributed by atoms with Gasteiger partial charge in [0.15, 0.2) is 0 Å². The second kappa shape index (κ2) is 4.52. The van der Waals surface area contributed by atoms with E-state index in [9.17, 15) is 4.79 Å². The lowest BCUT2D eigenvalue weighted by molar-refractivity contribution is -0.126. The van der Waals surface area contributed by atoms with Crippen LogP contribution in [0.1, 0.15) is 51.9 Å². The predicted molar refractivity (Wildman–Crippen MR) is 58.6 cm³/mol. The van der Waals surface area contributed by atoms with Crippen LogP contribution in [0, 0.1) is 0 Å². The Balaban J connectivity index is 1.93. The van der Waals surface area contributed by atoms with Crippen molar-refractivity contribution in [3.8, 4) is 0 Å². The Hall–Kier alpha value is -0.570. The molecule has 3 heteroatoms.